The van der Waals surface area contributed by atoms with Crippen LogP contribution in [-0.2, 0) is 23.5 Å². The van der Waals surface area contributed by atoms with Crippen molar-refractivity contribution in [3.63, 3.8) is 0 Å². The van der Waals surface area contributed by atoms with Crippen LogP contribution in [0.1, 0.15) is 50.5 Å². The van der Waals surface area contributed by atoms with Gasteiger partial charge in [-0.25, -0.2) is 4.79 Å². The molecule has 2 amide bonds. The molecule has 3 atom stereocenters. The van der Waals surface area contributed by atoms with Gasteiger partial charge in [-0.2, -0.15) is 0 Å². The Kier molecular flexibility index (Phi) is 9.18. The average Bonchev–Trinajstić information content (AvgIpc) is 3.62. The highest BCUT2D eigenvalue weighted by Crippen LogP contribution is 2.37. The number of fused-ring (bicyclic) bond motifs is 1. The Morgan fingerprint density at radius 2 is 1.82 bits per heavy atom. The number of carbonyl (C=O) groups excluding carboxylic acids is 3. The highest BCUT2D eigenvalue weighted by molar-refractivity contribution is 6.74. The molecule has 2 aromatic rings. The second-order valence-corrected chi connectivity index (χ2v) is 16.9. The molecule has 2 aromatic carbocycles. The van der Waals surface area contributed by atoms with Crippen LogP contribution in [0.25, 0.3) is 10.8 Å². The highest BCUT2D eigenvalue weighted by atomic mass is 28.4. The zero-order valence-corrected chi connectivity index (χ0v) is 26.0. The van der Waals surface area contributed by atoms with Gasteiger partial charge in [-0.05, 0) is 67.4 Å². The van der Waals surface area contributed by atoms with Crippen molar-refractivity contribution in [2.75, 3.05) is 20.3 Å². The van der Waals surface area contributed by atoms with Gasteiger partial charge >= 0.3 is 5.97 Å². The quantitative estimate of drug-likeness (QED) is 0.175. The van der Waals surface area contributed by atoms with Crippen molar-refractivity contribution >= 4 is 36.9 Å². The molecule has 0 saturated carbocycles. The van der Waals surface area contributed by atoms with E-state index in [0.29, 0.717) is 11.1 Å². The molecule has 3 rings (SSSR count). The van der Waals surface area contributed by atoms with E-state index in [1.54, 1.807) is 13.0 Å². The Balaban J connectivity index is 1.69. The van der Waals surface area contributed by atoms with Crippen molar-refractivity contribution < 1.29 is 33.0 Å². The number of methoxy groups -OCH3 is 1. The average molecular weight is 571 g/mol. The molecule has 1 heterocycles. The van der Waals surface area contributed by atoms with E-state index in [1.165, 1.54) is 7.11 Å². The van der Waals surface area contributed by atoms with Gasteiger partial charge in [0.05, 0.1) is 31.1 Å². The first-order chi connectivity index (χ1) is 18.5. The number of rotatable bonds is 11. The summed E-state index contributed by atoms with van der Waals surface area (Å²) < 4.78 is 22.8. The summed E-state index contributed by atoms with van der Waals surface area (Å²) in [5.41, 5.74) is 0.0281. The second kappa shape index (κ2) is 11.7. The third-order valence-electron chi connectivity index (χ3n) is 7.66. The smallest absolute Gasteiger partial charge is 0.339 e. The van der Waals surface area contributed by atoms with E-state index in [9.17, 15) is 14.4 Å². The summed E-state index contributed by atoms with van der Waals surface area (Å²) >= 11 is 0. The number of epoxide rings is 1. The fourth-order valence-electron chi connectivity index (χ4n) is 4.02. The van der Waals surface area contributed by atoms with Gasteiger partial charge in [-0.1, -0.05) is 45.5 Å². The Labute approximate surface area is 237 Å². The Morgan fingerprint density at radius 1 is 1.18 bits per heavy atom. The molecular formula is C30H42N2O7Si. The third kappa shape index (κ3) is 7.10. The zero-order valence-electron chi connectivity index (χ0n) is 25.0. The normalized spacial score (nSPS) is 18.4. The van der Waals surface area contributed by atoms with Gasteiger partial charge in [-0.15, -0.1) is 0 Å². The molecule has 2 N–H and O–H groups in total. The predicted octanol–water partition coefficient (Wildman–Crippen LogP) is 4.63. The van der Waals surface area contributed by atoms with Gasteiger partial charge in [0.15, 0.2) is 8.32 Å². The number of ether oxygens (including phenoxy) is 3. The summed E-state index contributed by atoms with van der Waals surface area (Å²) in [6.07, 6.45) is -1.53. The molecule has 0 aromatic heterocycles. The van der Waals surface area contributed by atoms with E-state index >= 15 is 0 Å². The van der Waals surface area contributed by atoms with Gasteiger partial charge in [0.2, 0.25) is 6.10 Å². The number of esters is 1. The first kappa shape index (κ1) is 31.3. The molecule has 0 aliphatic carbocycles. The zero-order chi connectivity index (χ0) is 30.0. The first-order valence-corrected chi connectivity index (χ1v) is 16.3. The maximum absolute atomic E-state index is 13.4. The van der Waals surface area contributed by atoms with Crippen LogP contribution in [0, 0.1) is 6.92 Å². The van der Waals surface area contributed by atoms with Gasteiger partial charge < -0.3 is 29.3 Å². The predicted molar refractivity (Wildman–Crippen MR) is 157 cm³/mol. The molecule has 0 unspecified atom stereocenters. The SMILES string of the molecule is C=C(NC(=O)[C@@H](OC(=O)c1cc(OC)cc2c(C)cccc12)[C@@]1(C)CO1)C(=O)NC[C@@H](C)O[Si](C)(C)C(C)(C)C. The molecule has 1 aliphatic rings. The lowest BCUT2D eigenvalue weighted by molar-refractivity contribution is -0.133. The van der Waals surface area contributed by atoms with Crippen LogP contribution in [0.15, 0.2) is 42.6 Å². The number of aryl methyl sites for hydroxylation is 1. The molecule has 10 heteroatoms. The van der Waals surface area contributed by atoms with Gasteiger partial charge in [0.1, 0.15) is 11.4 Å². The molecule has 0 spiro atoms. The summed E-state index contributed by atoms with van der Waals surface area (Å²) in [4.78, 5) is 39.3. The Hall–Kier alpha value is -3.21. The van der Waals surface area contributed by atoms with Crippen molar-refractivity contribution in [1.29, 1.82) is 0 Å². The van der Waals surface area contributed by atoms with Crippen molar-refractivity contribution in [1.82, 2.24) is 10.6 Å². The van der Waals surface area contributed by atoms with Crippen molar-refractivity contribution in [2.24, 2.45) is 0 Å². The largest absolute Gasteiger partial charge is 0.497 e. The third-order valence-corrected chi connectivity index (χ3v) is 12.3. The maximum atomic E-state index is 13.4. The van der Waals surface area contributed by atoms with Crippen LogP contribution in [0.3, 0.4) is 0 Å². The van der Waals surface area contributed by atoms with Crippen LogP contribution < -0.4 is 15.4 Å². The van der Waals surface area contributed by atoms with Crippen LogP contribution >= 0.6 is 0 Å². The fraction of sp³-hybridized carbons (Fsp3) is 0.500. The Morgan fingerprint density at radius 3 is 2.40 bits per heavy atom. The molecule has 1 aliphatic heterocycles. The summed E-state index contributed by atoms with van der Waals surface area (Å²) in [6, 6.07) is 9.01. The molecule has 1 fully saturated rings. The Bertz CT molecular complexity index is 1310. The number of nitrogens with one attached hydrogen (secondary N) is 2. The minimum Gasteiger partial charge on any atom is -0.497 e. The molecular weight excluding hydrogens is 528 g/mol. The van der Waals surface area contributed by atoms with Crippen molar-refractivity contribution in [3.8, 4) is 5.75 Å². The summed E-state index contributed by atoms with van der Waals surface area (Å²) in [5.74, 6) is -1.49. The van der Waals surface area contributed by atoms with Crippen molar-refractivity contribution in [2.45, 2.75) is 77.5 Å². The molecule has 0 bridgehead atoms. The maximum Gasteiger partial charge on any atom is 0.339 e. The molecule has 0 radical (unpaired) electrons. The number of hydrogen-bond donors (Lipinski definition) is 2. The second-order valence-electron chi connectivity index (χ2n) is 12.1. The van der Waals surface area contributed by atoms with Gasteiger partial charge in [0.25, 0.3) is 11.8 Å². The number of benzene rings is 2. The van der Waals surface area contributed by atoms with Crippen LogP contribution in [0.5, 0.6) is 5.75 Å². The van der Waals surface area contributed by atoms with E-state index in [2.05, 4.69) is 51.1 Å². The van der Waals surface area contributed by atoms with Crippen molar-refractivity contribution in [3.05, 3.63) is 53.7 Å². The van der Waals surface area contributed by atoms with E-state index in [4.69, 9.17) is 18.6 Å². The lowest BCUT2D eigenvalue weighted by atomic mass is 10.00. The van der Waals surface area contributed by atoms with Crippen LogP contribution in [0.2, 0.25) is 18.1 Å². The lowest BCUT2D eigenvalue weighted by Gasteiger charge is -2.38. The summed E-state index contributed by atoms with van der Waals surface area (Å²) in [7, 11) is -0.492. The fourth-order valence-corrected chi connectivity index (χ4v) is 5.47. The molecule has 218 valence electrons. The van der Waals surface area contributed by atoms with E-state index in [1.807, 2.05) is 38.1 Å². The first-order valence-electron chi connectivity index (χ1n) is 13.4. The minimum atomic E-state index is -2.01. The van der Waals surface area contributed by atoms with E-state index in [0.717, 1.165) is 10.9 Å². The van der Waals surface area contributed by atoms with Gasteiger partial charge in [-0.3, -0.25) is 9.59 Å². The molecule has 40 heavy (non-hydrogen) atoms. The van der Waals surface area contributed by atoms with Crippen LogP contribution in [-0.4, -0.2) is 64.2 Å². The number of amides is 2. The van der Waals surface area contributed by atoms with E-state index < -0.39 is 37.8 Å². The highest BCUT2D eigenvalue weighted by Gasteiger charge is 2.53. The summed E-state index contributed by atoms with van der Waals surface area (Å²) in [5, 5.41) is 6.78. The number of carbonyl (C=O) groups is 3. The molecule has 9 nitrogen and oxygen atoms in total. The number of hydrogen-bond acceptors (Lipinski definition) is 7. The minimum absolute atomic E-state index is 0.0340. The lowest BCUT2D eigenvalue weighted by Crippen LogP contribution is -2.49. The standard InChI is InChI=1S/C30H42N2O7Si/c1-18-12-11-13-22-23(18)14-21(36-8)15-24(22)28(35)38-25(30(7)17-37-30)27(34)32-20(3)26(33)31-16-19(2)39-40(9,10)29(4,5)6/h11-15,19,25H,3,16-17H2,1-2,4-10H3,(H,31,33)(H,32,34)/t19-,25-,30-/m1/s1. The van der Waals surface area contributed by atoms with E-state index in [-0.39, 0.29) is 35.6 Å². The van der Waals surface area contributed by atoms with Gasteiger partial charge in [0, 0.05) is 6.54 Å². The van der Waals surface area contributed by atoms with Crippen LogP contribution in [0.4, 0.5) is 0 Å². The summed E-state index contributed by atoms with van der Waals surface area (Å²) in [6.45, 7) is 20.4. The topological polar surface area (TPSA) is 115 Å². The molecule has 1 saturated heterocycles. The monoisotopic (exact) mass is 570 g/mol.